The lowest BCUT2D eigenvalue weighted by Crippen LogP contribution is -2.23. The first-order valence-corrected chi connectivity index (χ1v) is 4.94. The molecule has 0 aromatic carbocycles. The van der Waals surface area contributed by atoms with Gasteiger partial charge in [-0.25, -0.2) is 9.18 Å². The molecular formula is C10H7FN2OS. The maximum atomic E-state index is 13.3. The maximum absolute atomic E-state index is 13.3. The maximum Gasteiger partial charge on any atom is 0.349 e. The Hall–Kier alpha value is -1.72. The van der Waals surface area contributed by atoms with Gasteiger partial charge in [0.05, 0.1) is 12.3 Å². The predicted octanol–water partition coefficient (Wildman–Crippen LogP) is 0.741. The van der Waals surface area contributed by atoms with Gasteiger partial charge >= 0.3 is 5.69 Å². The highest BCUT2D eigenvalue weighted by Gasteiger charge is 2.07. The summed E-state index contributed by atoms with van der Waals surface area (Å²) >= 11 is 1.00. The molecule has 0 radical (unpaired) electrons. The Morgan fingerprint density at radius 1 is 1.53 bits per heavy atom. The van der Waals surface area contributed by atoms with Crippen LogP contribution in [-0.2, 0) is 6.54 Å². The topological polar surface area (TPSA) is 34.9 Å². The van der Waals surface area contributed by atoms with E-state index in [4.69, 9.17) is 12.8 Å². The van der Waals surface area contributed by atoms with Crippen LogP contribution in [0.1, 0.15) is 0 Å². The highest BCUT2D eigenvalue weighted by atomic mass is 32.2. The second kappa shape index (κ2) is 5.23. The highest BCUT2D eigenvalue weighted by Crippen LogP contribution is 2.16. The van der Waals surface area contributed by atoms with Crippen molar-refractivity contribution in [3.8, 4) is 24.7 Å². The summed E-state index contributed by atoms with van der Waals surface area (Å²) in [6.07, 6.45) is 11.1. The minimum Gasteiger partial charge on any atom is -0.285 e. The van der Waals surface area contributed by atoms with Gasteiger partial charge < -0.3 is 0 Å². The number of rotatable bonds is 3. The van der Waals surface area contributed by atoms with Crippen LogP contribution >= 0.6 is 11.8 Å². The van der Waals surface area contributed by atoms with Gasteiger partial charge in [-0.1, -0.05) is 23.6 Å². The number of terminal acetylenes is 2. The van der Waals surface area contributed by atoms with Crippen LogP contribution in [0.3, 0.4) is 0 Å². The average Bonchev–Trinajstić information content (AvgIpc) is 2.21. The van der Waals surface area contributed by atoms with E-state index in [1.807, 2.05) is 0 Å². The molecule has 0 saturated heterocycles. The molecule has 76 valence electrons. The van der Waals surface area contributed by atoms with Gasteiger partial charge in [-0.15, -0.1) is 12.8 Å². The standard InChI is InChI=1S/C10H7FN2OS/c1-3-5-13-7-8(11)9(12-10(13)14)15-6-4-2/h1-2,7H,5-6H2. The molecule has 0 saturated carbocycles. The van der Waals surface area contributed by atoms with Crippen molar-refractivity contribution in [3.05, 3.63) is 22.5 Å². The fraction of sp³-hybridized carbons (Fsp3) is 0.200. The molecular weight excluding hydrogens is 215 g/mol. The Labute approximate surface area is 90.7 Å². The molecule has 1 aromatic heterocycles. The summed E-state index contributed by atoms with van der Waals surface area (Å²) in [6, 6.07) is 0. The van der Waals surface area contributed by atoms with E-state index >= 15 is 0 Å². The molecule has 1 aromatic rings. The number of hydrogen-bond acceptors (Lipinski definition) is 3. The summed E-state index contributed by atoms with van der Waals surface area (Å²) < 4.78 is 14.3. The molecule has 0 unspecified atom stereocenters. The third-order valence-corrected chi connectivity index (χ3v) is 2.34. The number of aromatic nitrogens is 2. The van der Waals surface area contributed by atoms with Gasteiger partial charge in [0.2, 0.25) is 0 Å². The minimum absolute atomic E-state index is 0.00282. The molecule has 0 aliphatic carbocycles. The Balaban J connectivity index is 3.05. The van der Waals surface area contributed by atoms with Gasteiger partial charge in [0, 0.05) is 6.20 Å². The molecule has 0 atom stereocenters. The van der Waals surface area contributed by atoms with Crippen molar-refractivity contribution in [2.24, 2.45) is 0 Å². The van der Waals surface area contributed by atoms with Crippen LogP contribution in [0.25, 0.3) is 0 Å². The molecule has 5 heteroatoms. The first-order chi connectivity index (χ1) is 7.19. The smallest absolute Gasteiger partial charge is 0.285 e. The van der Waals surface area contributed by atoms with E-state index in [-0.39, 0.29) is 17.3 Å². The van der Waals surface area contributed by atoms with Crippen molar-refractivity contribution in [3.63, 3.8) is 0 Å². The van der Waals surface area contributed by atoms with Crippen LogP contribution in [0.2, 0.25) is 0 Å². The largest absolute Gasteiger partial charge is 0.349 e. The van der Waals surface area contributed by atoms with Crippen LogP contribution in [0, 0.1) is 30.5 Å². The van der Waals surface area contributed by atoms with Crippen molar-refractivity contribution in [1.29, 1.82) is 0 Å². The van der Waals surface area contributed by atoms with Crippen molar-refractivity contribution < 1.29 is 4.39 Å². The third kappa shape index (κ3) is 2.87. The average molecular weight is 222 g/mol. The number of thioether (sulfide) groups is 1. The highest BCUT2D eigenvalue weighted by molar-refractivity contribution is 7.99. The first kappa shape index (κ1) is 11.4. The number of halogens is 1. The lowest BCUT2D eigenvalue weighted by molar-refractivity contribution is 0.548. The van der Waals surface area contributed by atoms with Crippen LogP contribution in [0.15, 0.2) is 16.0 Å². The monoisotopic (exact) mass is 222 g/mol. The molecule has 0 aliphatic rings. The van der Waals surface area contributed by atoms with Crippen molar-refractivity contribution >= 4 is 11.8 Å². The molecule has 0 amide bonds. The fourth-order valence-electron chi connectivity index (χ4n) is 0.875. The van der Waals surface area contributed by atoms with Crippen molar-refractivity contribution in [2.75, 3.05) is 5.75 Å². The fourth-order valence-corrected chi connectivity index (χ4v) is 1.43. The van der Waals surface area contributed by atoms with Crippen molar-refractivity contribution in [2.45, 2.75) is 11.6 Å². The van der Waals surface area contributed by atoms with Crippen molar-refractivity contribution in [1.82, 2.24) is 9.55 Å². The lowest BCUT2D eigenvalue weighted by Gasteiger charge is -2.02. The Morgan fingerprint density at radius 2 is 2.27 bits per heavy atom. The van der Waals surface area contributed by atoms with Gasteiger partial charge in [-0.05, 0) is 0 Å². The predicted molar refractivity (Wildman–Crippen MR) is 56.8 cm³/mol. The van der Waals surface area contributed by atoms with Gasteiger partial charge in [0.25, 0.3) is 0 Å². The normalized spacial score (nSPS) is 9.27. The first-order valence-electron chi connectivity index (χ1n) is 3.95. The Kier molecular flexibility index (Phi) is 3.96. The second-order valence-electron chi connectivity index (χ2n) is 2.50. The zero-order valence-corrected chi connectivity index (χ0v) is 8.55. The van der Waals surface area contributed by atoms with E-state index in [1.54, 1.807) is 0 Å². The van der Waals surface area contributed by atoms with E-state index in [1.165, 1.54) is 0 Å². The van der Waals surface area contributed by atoms with Crippen LogP contribution in [-0.4, -0.2) is 15.3 Å². The number of hydrogen-bond donors (Lipinski definition) is 0. The zero-order valence-electron chi connectivity index (χ0n) is 7.74. The molecule has 1 rings (SSSR count). The molecule has 1 heterocycles. The van der Waals surface area contributed by atoms with E-state index in [2.05, 4.69) is 16.8 Å². The van der Waals surface area contributed by atoms with E-state index in [0.717, 1.165) is 22.5 Å². The summed E-state index contributed by atoms with van der Waals surface area (Å²) in [6.45, 7) is 0.00282. The van der Waals surface area contributed by atoms with Gasteiger partial charge in [-0.2, -0.15) is 4.98 Å². The lowest BCUT2D eigenvalue weighted by atomic mass is 10.5. The SMILES string of the molecule is C#CCSc1nc(=O)n(CC#C)cc1F. The summed E-state index contributed by atoms with van der Waals surface area (Å²) in [7, 11) is 0. The Bertz CT molecular complexity index is 496. The van der Waals surface area contributed by atoms with Crippen LogP contribution in [0.5, 0.6) is 0 Å². The molecule has 0 spiro atoms. The Morgan fingerprint density at radius 3 is 2.87 bits per heavy atom. The molecule has 0 aliphatic heterocycles. The van der Waals surface area contributed by atoms with E-state index in [0.29, 0.717) is 0 Å². The zero-order chi connectivity index (χ0) is 11.3. The molecule has 0 N–H and O–H groups in total. The second-order valence-corrected chi connectivity index (χ2v) is 3.47. The van der Waals surface area contributed by atoms with Gasteiger partial charge in [-0.3, -0.25) is 4.57 Å². The minimum atomic E-state index is -0.592. The van der Waals surface area contributed by atoms with E-state index in [9.17, 15) is 9.18 Å². The summed E-state index contributed by atoms with van der Waals surface area (Å²) in [5.41, 5.74) is -0.575. The van der Waals surface area contributed by atoms with E-state index < -0.39 is 11.5 Å². The number of nitrogens with zero attached hydrogens (tertiary/aromatic N) is 2. The summed E-state index contributed by atoms with van der Waals surface area (Å²) in [5, 5.41) is 0.00576. The van der Waals surface area contributed by atoms with Gasteiger partial charge in [0.1, 0.15) is 5.03 Å². The van der Waals surface area contributed by atoms with Crippen LogP contribution in [0.4, 0.5) is 4.39 Å². The molecule has 0 bridgehead atoms. The third-order valence-electron chi connectivity index (χ3n) is 1.47. The quantitative estimate of drug-likeness (QED) is 0.430. The van der Waals surface area contributed by atoms with Gasteiger partial charge in [0.15, 0.2) is 5.82 Å². The molecule has 0 fully saturated rings. The molecule has 3 nitrogen and oxygen atoms in total. The summed E-state index contributed by atoms with van der Waals surface area (Å²) in [5.74, 6) is 4.22. The summed E-state index contributed by atoms with van der Waals surface area (Å²) in [4.78, 5) is 14.8. The van der Waals surface area contributed by atoms with Crippen LogP contribution < -0.4 is 5.69 Å². The molecule has 15 heavy (non-hydrogen) atoms.